The van der Waals surface area contributed by atoms with Crippen molar-refractivity contribution in [1.82, 2.24) is 9.55 Å². The second-order valence-electron chi connectivity index (χ2n) is 5.37. The van der Waals surface area contributed by atoms with E-state index in [1.807, 2.05) is 60.2 Å². The maximum atomic E-state index is 6.45. The van der Waals surface area contributed by atoms with Crippen LogP contribution >= 0.6 is 11.6 Å². The third kappa shape index (κ3) is 3.58. The predicted octanol–water partition coefficient (Wildman–Crippen LogP) is 5.75. The zero-order valence-electron chi connectivity index (χ0n) is 13.3. The van der Waals surface area contributed by atoms with Gasteiger partial charge in [0.25, 0.3) is 0 Å². The van der Waals surface area contributed by atoms with E-state index in [0.717, 1.165) is 27.7 Å². The van der Waals surface area contributed by atoms with Gasteiger partial charge in [-0.1, -0.05) is 68.4 Å². The summed E-state index contributed by atoms with van der Waals surface area (Å²) in [4.78, 5) is 4.43. The van der Waals surface area contributed by atoms with Crippen molar-refractivity contribution in [1.29, 1.82) is 0 Å². The molecular formula is C19H21ClN2. The largest absolute Gasteiger partial charge is 0.300 e. The lowest BCUT2D eigenvalue weighted by molar-refractivity contribution is 0.785. The third-order valence-electron chi connectivity index (χ3n) is 3.48. The fourth-order valence-electron chi connectivity index (χ4n) is 2.38. The van der Waals surface area contributed by atoms with Crippen LogP contribution in [0.2, 0.25) is 0 Å². The first-order valence-electron chi connectivity index (χ1n) is 7.36. The Morgan fingerprint density at radius 1 is 1.27 bits per heavy atom. The Bertz CT molecular complexity index is 706. The van der Waals surface area contributed by atoms with Gasteiger partial charge in [0.1, 0.15) is 5.82 Å². The van der Waals surface area contributed by atoms with Crippen LogP contribution in [-0.2, 0) is 0 Å². The monoisotopic (exact) mass is 312 g/mol. The van der Waals surface area contributed by atoms with Crippen LogP contribution in [-0.4, -0.2) is 9.55 Å². The standard InChI is InChI=1S/C19H21ClN2/c1-5-17(14(2)3)18(20)13-15(4)22-12-11-21-19(22)16-9-7-6-8-10-16/h5-14H,4H2,1-3H3/b17-5?,18-13+. The Balaban J connectivity index is 2.34. The number of rotatable bonds is 5. The molecule has 0 amide bonds. The molecule has 22 heavy (non-hydrogen) atoms. The smallest absolute Gasteiger partial charge is 0.144 e. The van der Waals surface area contributed by atoms with Crippen LogP contribution in [0.25, 0.3) is 17.1 Å². The lowest BCUT2D eigenvalue weighted by Crippen LogP contribution is -1.98. The van der Waals surface area contributed by atoms with Crippen LogP contribution in [0.15, 0.2) is 72.1 Å². The molecule has 0 aliphatic carbocycles. The zero-order valence-corrected chi connectivity index (χ0v) is 14.0. The highest BCUT2D eigenvalue weighted by Crippen LogP contribution is 2.26. The highest BCUT2D eigenvalue weighted by molar-refractivity contribution is 6.32. The van der Waals surface area contributed by atoms with Gasteiger partial charge in [-0.2, -0.15) is 0 Å². The molecule has 114 valence electrons. The molecule has 0 aliphatic rings. The van der Waals surface area contributed by atoms with Crippen molar-refractivity contribution in [3.63, 3.8) is 0 Å². The number of allylic oxidation sites excluding steroid dienone is 5. The topological polar surface area (TPSA) is 17.8 Å². The molecule has 1 heterocycles. The molecule has 2 rings (SSSR count). The van der Waals surface area contributed by atoms with Crippen molar-refractivity contribution < 1.29 is 0 Å². The van der Waals surface area contributed by atoms with Crippen molar-refractivity contribution in [3.8, 4) is 11.4 Å². The average molecular weight is 313 g/mol. The molecule has 0 bridgehead atoms. The van der Waals surface area contributed by atoms with E-state index in [2.05, 4.69) is 25.4 Å². The summed E-state index contributed by atoms with van der Waals surface area (Å²) in [5.74, 6) is 1.23. The van der Waals surface area contributed by atoms with Gasteiger partial charge in [0.05, 0.1) is 0 Å². The molecule has 0 N–H and O–H groups in total. The Kier molecular flexibility index (Phi) is 5.40. The van der Waals surface area contributed by atoms with Crippen LogP contribution in [0.5, 0.6) is 0 Å². The van der Waals surface area contributed by atoms with Crippen molar-refractivity contribution in [2.24, 2.45) is 5.92 Å². The number of imidazole rings is 1. The summed E-state index contributed by atoms with van der Waals surface area (Å²) in [6.07, 6.45) is 7.61. The van der Waals surface area contributed by atoms with Crippen molar-refractivity contribution in [3.05, 3.63) is 72.1 Å². The van der Waals surface area contributed by atoms with E-state index in [-0.39, 0.29) is 0 Å². The summed E-state index contributed by atoms with van der Waals surface area (Å²) in [6.45, 7) is 10.4. The molecule has 3 heteroatoms. The number of hydrogen-bond acceptors (Lipinski definition) is 1. The van der Waals surface area contributed by atoms with Crippen molar-refractivity contribution >= 4 is 17.3 Å². The molecular weight excluding hydrogens is 292 g/mol. The van der Waals surface area contributed by atoms with Gasteiger partial charge in [-0.3, -0.25) is 0 Å². The molecule has 2 nitrogen and oxygen atoms in total. The van der Waals surface area contributed by atoms with Crippen LogP contribution in [0.4, 0.5) is 0 Å². The first-order chi connectivity index (χ1) is 10.5. The quantitative estimate of drug-likeness (QED) is 0.643. The minimum atomic E-state index is 0.373. The molecule has 0 saturated heterocycles. The summed E-state index contributed by atoms with van der Waals surface area (Å²) in [6, 6.07) is 10.0. The second-order valence-corrected chi connectivity index (χ2v) is 5.78. The number of hydrogen-bond donors (Lipinski definition) is 0. The molecule has 0 radical (unpaired) electrons. The normalized spacial score (nSPS) is 12.8. The fourth-order valence-corrected chi connectivity index (χ4v) is 2.84. The van der Waals surface area contributed by atoms with Gasteiger partial charge >= 0.3 is 0 Å². The fraction of sp³-hybridized carbons (Fsp3) is 0.211. The zero-order chi connectivity index (χ0) is 16.1. The summed E-state index contributed by atoms with van der Waals surface area (Å²) in [7, 11) is 0. The lowest BCUT2D eigenvalue weighted by atomic mass is 10.0. The van der Waals surface area contributed by atoms with Crippen LogP contribution < -0.4 is 0 Å². The molecule has 0 aliphatic heterocycles. The summed E-state index contributed by atoms with van der Waals surface area (Å²) < 4.78 is 1.95. The Hall–Kier alpha value is -2.06. The highest BCUT2D eigenvalue weighted by Gasteiger charge is 2.10. The van der Waals surface area contributed by atoms with E-state index in [1.54, 1.807) is 6.20 Å². The minimum Gasteiger partial charge on any atom is -0.300 e. The maximum Gasteiger partial charge on any atom is 0.144 e. The second kappa shape index (κ2) is 7.28. The van der Waals surface area contributed by atoms with E-state index >= 15 is 0 Å². The first-order valence-corrected chi connectivity index (χ1v) is 7.74. The number of aromatic nitrogens is 2. The van der Waals surface area contributed by atoms with Crippen molar-refractivity contribution in [2.75, 3.05) is 0 Å². The van der Waals surface area contributed by atoms with E-state index in [4.69, 9.17) is 11.6 Å². The predicted molar refractivity (Wildman–Crippen MR) is 95.5 cm³/mol. The van der Waals surface area contributed by atoms with E-state index < -0.39 is 0 Å². The van der Waals surface area contributed by atoms with Gasteiger partial charge in [-0.15, -0.1) is 0 Å². The van der Waals surface area contributed by atoms with Crippen LogP contribution in [0.3, 0.4) is 0 Å². The molecule has 0 spiro atoms. The summed E-state index contributed by atoms with van der Waals surface area (Å²) in [5.41, 5.74) is 2.96. The Morgan fingerprint density at radius 2 is 1.95 bits per heavy atom. The highest BCUT2D eigenvalue weighted by atomic mass is 35.5. The average Bonchev–Trinajstić information content (AvgIpc) is 2.98. The van der Waals surface area contributed by atoms with Gasteiger partial charge in [-0.25, -0.2) is 4.98 Å². The summed E-state index contributed by atoms with van der Waals surface area (Å²) in [5, 5.41) is 0.718. The van der Waals surface area contributed by atoms with E-state index in [1.165, 1.54) is 0 Å². The SMILES string of the molecule is C=C(/C=C(/Cl)C(=CC)C(C)C)n1ccnc1-c1ccccc1. The van der Waals surface area contributed by atoms with Gasteiger partial charge in [0.2, 0.25) is 0 Å². The molecule has 0 unspecified atom stereocenters. The lowest BCUT2D eigenvalue weighted by Gasteiger charge is -2.12. The van der Waals surface area contributed by atoms with Gasteiger partial charge in [0, 0.05) is 28.7 Å². The van der Waals surface area contributed by atoms with Crippen LogP contribution in [0.1, 0.15) is 20.8 Å². The van der Waals surface area contributed by atoms with Gasteiger partial charge in [-0.05, 0) is 24.5 Å². The van der Waals surface area contributed by atoms with E-state index in [0.29, 0.717) is 5.92 Å². The Morgan fingerprint density at radius 3 is 2.55 bits per heavy atom. The van der Waals surface area contributed by atoms with Gasteiger partial charge < -0.3 is 4.57 Å². The number of halogens is 1. The van der Waals surface area contributed by atoms with Crippen LogP contribution in [0, 0.1) is 5.92 Å². The maximum absolute atomic E-state index is 6.45. The minimum absolute atomic E-state index is 0.373. The molecule has 0 atom stereocenters. The third-order valence-corrected chi connectivity index (χ3v) is 3.81. The molecule has 0 fully saturated rings. The number of nitrogens with zero attached hydrogens (tertiary/aromatic N) is 2. The number of benzene rings is 1. The molecule has 1 aromatic carbocycles. The molecule has 1 aromatic heterocycles. The summed E-state index contributed by atoms with van der Waals surface area (Å²) >= 11 is 6.45. The van der Waals surface area contributed by atoms with Crippen molar-refractivity contribution in [2.45, 2.75) is 20.8 Å². The van der Waals surface area contributed by atoms with Gasteiger partial charge in [0.15, 0.2) is 0 Å². The van der Waals surface area contributed by atoms with E-state index in [9.17, 15) is 0 Å². The Labute approximate surface area is 137 Å². The first kappa shape index (κ1) is 16.3. The molecule has 2 aromatic rings. The molecule has 0 saturated carbocycles.